The number of aliphatic carboxylic acids is 1. The van der Waals surface area contributed by atoms with Crippen molar-refractivity contribution in [3.05, 3.63) is 79.9 Å². The Morgan fingerprint density at radius 2 is 2.06 bits per heavy atom. The van der Waals surface area contributed by atoms with Crippen molar-refractivity contribution in [2.24, 2.45) is 0 Å². The molecule has 0 aliphatic carbocycles. The van der Waals surface area contributed by atoms with Gasteiger partial charge in [0, 0.05) is 28.3 Å². The van der Waals surface area contributed by atoms with Gasteiger partial charge in [-0.25, -0.2) is 9.78 Å². The second-order valence-electron chi connectivity index (χ2n) is 7.19. The molecular weight excluding hydrogens is 496 g/mol. The number of aryl methyl sites for hydroxylation is 1. The van der Waals surface area contributed by atoms with E-state index in [1.165, 1.54) is 19.3 Å². The number of nitro benzene ring substituents is 1. The highest BCUT2D eigenvalue weighted by molar-refractivity contribution is 8.04. The highest BCUT2D eigenvalue weighted by Gasteiger charge is 2.18. The third kappa shape index (κ3) is 5.36. The van der Waals surface area contributed by atoms with Gasteiger partial charge in [0.15, 0.2) is 5.82 Å². The van der Waals surface area contributed by atoms with Gasteiger partial charge in [0.2, 0.25) is 5.16 Å². The molecule has 12 heteroatoms. The number of ether oxygens (including phenoxy) is 1. The SMILES string of the molecule is COc1ccc(Cl)cc1-c1nc(S/C(=C\c2ccc(-c3ccc(C)c([N+](=O)[O-])c3)o2)C(=O)O)n[nH]1. The normalized spacial score (nSPS) is 11.5. The van der Waals surface area contributed by atoms with E-state index in [2.05, 4.69) is 15.2 Å². The number of benzene rings is 2. The van der Waals surface area contributed by atoms with Crippen molar-refractivity contribution in [1.82, 2.24) is 15.2 Å². The number of thioether (sulfide) groups is 1. The summed E-state index contributed by atoms with van der Waals surface area (Å²) in [5.74, 6) is 0.293. The Kier molecular flexibility index (Phi) is 6.90. The van der Waals surface area contributed by atoms with E-state index >= 15 is 0 Å². The van der Waals surface area contributed by atoms with E-state index in [-0.39, 0.29) is 21.5 Å². The predicted octanol–water partition coefficient (Wildman–Crippen LogP) is 5.83. The minimum atomic E-state index is -1.20. The van der Waals surface area contributed by atoms with E-state index < -0.39 is 10.9 Å². The van der Waals surface area contributed by atoms with Crippen molar-refractivity contribution in [3.63, 3.8) is 0 Å². The van der Waals surface area contributed by atoms with Crippen molar-refractivity contribution >= 4 is 41.1 Å². The molecule has 0 aliphatic heterocycles. The number of halogens is 1. The molecule has 2 heterocycles. The molecule has 0 amide bonds. The molecule has 35 heavy (non-hydrogen) atoms. The van der Waals surface area contributed by atoms with E-state index in [9.17, 15) is 20.0 Å². The minimum Gasteiger partial charge on any atom is -0.496 e. The van der Waals surface area contributed by atoms with Crippen LogP contribution in [0, 0.1) is 17.0 Å². The van der Waals surface area contributed by atoms with E-state index in [0.717, 1.165) is 11.8 Å². The van der Waals surface area contributed by atoms with E-state index in [1.54, 1.807) is 49.4 Å². The molecule has 10 nitrogen and oxygen atoms in total. The lowest BCUT2D eigenvalue weighted by molar-refractivity contribution is -0.385. The van der Waals surface area contributed by atoms with Gasteiger partial charge in [0.1, 0.15) is 22.2 Å². The first kappa shape index (κ1) is 24.0. The number of hydrogen-bond acceptors (Lipinski definition) is 8. The summed E-state index contributed by atoms with van der Waals surface area (Å²) in [6.45, 7) is 1.64. The second kappa shape index (κ2) is 10.0. The molecule has 0 saturated heterocycles. The van der Waals surface area contributed by atoms with Gasteiger partial charge in [-0.15, -0.1) is 5.10 Å². The summed E-state index contributed by atoms with van der Waals surface area (Å²) in [6.07, 6.45) is 1.33. The lowest BCUT2D eigenvalue weighted by Gasteiger charge is -2.05. The molecule has 2 N–H and O–H groups in total. The summed E-state index contributed by atoms with van der Waals surface area (Å²) in [4.78, 5) is 26.9. The molecular formula is C23H17ClN4O6S. The fourth-order valence-electron chi connectivity index (χ4n) is 3.19. The highest BCUT2D eigenvalue weighted by atomic mass is 35.5. The molecule has 0 atom stereocenters. The van der Waals surface area contributed by atoms with Crippen molar-refractivity contribution < 1.29 is 24.0 Å². The Morgan fingerprint density at radius 1 is 1.26 bits per heavy atom. The van der Waals surface area contributed by atoms with Crippen LogP contribution >= 0.6 is 23.4 Å². The highest BCUT2D eigenvalue weighted by Crippen LogP contribution is 2.34. The van der Waals surface area contributed by atoms with Crippen LogP contribution in [0.15, 0.2) is 63.0 Å². The summed E-state index contributed by atoms with van der Waals surface area (Å²) in [7, 11) is 1.51. The molecule has 2 aromatic heterocycles. The lowest BCUT2D eigenvalue weighted by Crippen LogP contribution is -1.97. The number of nitrogens with one attached hydrogen (secondary N) is 1. The molecule has 0 bridgehead atoms. The van der Waals surface area contributed by atoms with Crippen LogP contribution in [-0.4, -0.2) is 38.3 Å². The summed E-state index contributed by atoms with van der Waals surface area (Å²) < 4.78 is 11.0. The monoisotopic (exact) mass is 512 g/mol. The Hall–Kier alpha value is -4.09. The third-order valence-electron chi connectivity index (χ3n) is 4.88. The van der Waals surface area contributed by atoms with Gasteiger partial charge in [0.25, 0.3) is 5.69 Å². The number of aromatic amines is 1. The smallest absolute Gasteiger partial charge is 0.342 e. The molecule has 4 aromatic rings. The quantitative estimate of drug-likeness (QED) is 0.129. The molecule has 0 fully saturated rings. The van der Waals surface area contributed by atoms with Crippen molar-refractivity contribution in [1.29, 1.82) is 0 Å². The number of aromatic nitrogens is 3. The van der Waals surface area contributed by atoms with Crippen molar-refractivity contribution in [2.45, 2.75) is 12.1 Å². The van der Waals surface area contributed by atoms with Crippen LogP contribution in [-0.2, 0) is 4.79 Å². The minimum absolute atomic E-state index is 0.0329. The van der Waals surface area contributed by atoms with Gasteiger partial charge in [0.05, 0.1) is 17.6 Å². The molecule has 2 aromatic carbocycles. The van der Waals surface area contributed by atoms with E-state index in [4.69, 9.17) is 20.8 Å². The number of carboxylic acid groups (broad SMARTS) is 1. The number of furan rings is 1. The van der Waals surface area contributed by atoms with Gasteiger partial charge >= 0.3 is 5.97 Å². The zero-order chi connectivity index (χ0) is 25.1. The van der Waals surface area contributed by atoms with Gasteiger partial charge in [-0.05, 0) is 49.0 Å². The van der Waals surface area contributed by atoms with Crippen LogP contribution in [0.2, 0.25) is 5.02 Å². The Labute approximate surface area is 207 Å². The Morgan fingerprint density at radius 3 is 2.77 bits per heavy atom. The Balaban J connectivity index is 1.59. The van der Waals surface area contributed by atoms with Crippen molar-refractivity contribution in [2.75, 3.05) is 7.11 Å². The molecule has 178 valence electrons. The van der Waals surface area contributed by atoms with Crippen LogP contribution < -0.4 is 4.74 Å². The first-order valence-corrected chi connectivity index (χ1v) is 11.2. The van der Waals surface area contributed by atoms with Crippen LogP contribution in [0.25, 0.3) is 28.8 Å². The second-order valence-corrected chi connectivity index (χ2v) is 8.63. The van der Waals surface area contributed by atoms with Gasteiger partial charge in [-0.1, -0.05) is 23.7 Å². The zero-order valence-corrected chi connectivity index (χ0v) is 19.9. The Bertz CT molecular complexity index is 1460. The average Bonchev–Trinajstić information content (AvgIpc) is 3.48. The average molecular weight is 513 g/mol. The standard InChI is InChI=1S/C23H17ClN4O6S/c1-12-3-4-13(9-17(12)28(31)32)18-8-6-15(34-18)11-20(22(29)30)35-23-25-21(26-27-23)16-10-14(24)5-7-19(16)33-2/h3-11H,1-2H3,(H,29,30)(H,25,26,27)/b20-11-. The molecule has 4 rings (SSSR count). The molecule has 0 unspecified atom stereocenters. The number of carboxylic acids is 1. The first-order valence-electron chi connectivity index (χ1n) is 9.99. The number of hydrogen-bond donors (Lipinski definition) is 2. The van der Waals surface area contributed by atoms with Crippen LogP contribution in [0.5, 0.6) is 5.75 Å². The fraction of sp³-hybridized carbons (Fsp3) is 0.0870. The number of carbonyl (C=O) groups is 1. The zero-order valence-electron chi connectivity index (χ0n) is 18.3. The van der Waals surface area contributed by atoms with Crippen molar-refractivity contribution in [3.8, 4) is 28.5 Å². The first-order chi connectivity index (χ1) is 16.7. The molecule has 0 radical (unpaired) electrons. The van der Waals surface area contributed by atoms with Gasteiger partial charge < -0.3 is 14.3 Å². The topological polar surface area (TPSA) is 144 Å². The number of H-pyrrole nitrogens is 1. The van der Waals surface area contributed by atoms with Gasteiger partial charge in [-0.3, -0.25) is 15.2 Å². The van der Waals surface area contributed by atoms with Crippen LogP contribution in [0.1, 0.15) is 11.3 Å². The third-order valence-corrected chi connectivity index (χ3v) is 6.00. The number of nitro groups is 1. The maximum atomic E-state index is 11.9. The van der Waals surface area contributed by atoms with Gasteiger partial charge in [-0.2, -0.15) is 0 Å². The summed E-state index contributed by atoms with van der Waals surface area (Å²) in [5.41, 5.74) is 1.56. The lowest BCUT2D eigenvalue weighted by atomic mass is 10.1. The maximum Gasteiger partial charge on any atom is 0.342 e. The summed E-state index contributed by atoms with van der Waals surface area (Å²) in [5, 5.41) is 28.4. The molecule has 0 aliphatic rings. The van der Waals surface area contributed by atoms with E-state index in [1.807, 2.05) is 0 Å². The largest absolute Gasteiger partial charge is 0.496 e. The number of methoxy groups -OCH3 is 1. The maximum absolute atomic E-state index is 11.9. The number of nitrogens with zero attached hydrogens (tertiary/aromatic N) is 3. The van der Waals surface area contributed by atoms with Crippen LogP contribution in [0.3, 0.4) is 0 Å². The molecule has 0 spiro atoms. The van der Waals surface area contributed by atoms with Crippen LogP contribution in [0.4, 0.5) is 5.69 Å². The molecule has 0 saturated carbocycles. The predicted molar refractivity (Wildman–Crippen MR) is 130 cm³/mol. The van der Waals surface area contributed by atoms with E-state index in [0.29, 0.717) is 39.0 Å². The summed E-state index contributed by atoms with van der Waals surface area (Å²) >= 11 is 6.89. The summed E-state index contributed by atoms with van der Waals surface area (Å²) in [6, 6.07) is 12.9. The number of rotatable bonds is 8. The fourth-order valence-corrected chi connectivity index (χ4v) is 4.04.